The number of nitrogens with one attached hydrogen (secondary N) is 1. The van der Waals surface area contributed by atoms with Gasteiger partial charge in [0.15, 0.2) is 0 Å². The van der Waals surface area contributed by atoms with Crippen molar-refractivity contribution < 1.29 is 14.5 Å². The van der Waals surface area contributed by atoms with Crippen LogP contribution in [0.25, 0.3) is 0 Å². The summed E-state index contributed by atoms with van der Waals surface area (Å²) in [7, 11) is 0. The van der Waals surface area contributed by atoms with Crippen molar-refractivity contribution in [2.75, 3.05) is 13.1 Å². The Bertz CT molecular complexity index is 687. The molecule has 1 N–H and O–H groups in total. The molecule has 2 fully saturated rings. The lowest BCUT2D eigenvalue weighted by Crippen LogP contribution is -2.47. The highest BCUT2D eigenvalue weighted by Crippen LogP contribution is 2.36. The van der Waals surface area contributed by atoms with Crippen molar-refractivity contribution in [1.82, 2.24) is 10.4 Å². The molecule has 1 saturated carbocycles. The number of piperidine rings is 1. The van der Waals surface area contributed by atoms with Gasteiger partial charge in [0.1, 0.15) is 5.60 Å². The molecule has 0 bridgehead atoms. The van der Waals surface area contributed by atoms with Gasteiger partial charge in [-0.25, -0.2) is 4.79 Å². The Hall–Kier alpha value is -2.08. The smallest absolute Gasteiger partial charge is 0.388 e. The Morgan fingerprint density at radius 3 is 2.59 bits per heavy atom. The zero-order chi connectivity index (χ0) is 18.7. The van der Waals surface area contributed by atoms with Crippen LogP contribution < -0.4 is 5.32 Å². The van der Waals surface area contributed by atoms with Crippen LogP contribution in [0.3, 0.4) is 0 Å². The van der Waals surface area contributed by atoms with E-state index < -0.39 is 0 Å². The summed E-state index contributed by atoms with van der Waals surface area (Å²) in [5.74, 6) is 0. The molecule has 1 amide bonds. The van der Waals surface area contributed by atoms with Crippen molar-refractivity contribution in [2.24, 2.45) is 5.16 Å². The molecule has 1 aliphatic carbocycles. The molecule has 6 nitrogen and oxygen atoms in total. The van der Waals surface area contributed by atoms with Crippen LogP contribution in [0.15, 0.2) is 29.4 Å². The third-order valence-electron chi connectivity index (χ3n) is 6.00. The predicted octanol–water partition coefficient (Wildman–Crippen LogP) is 3.93. The minimum absolute atomic E-state index is 0.250. The van der Waals surface area contributed by atoms with Crippen molar-refractivity contribution >= 4 is 11.8 Å². The maximum Gasteiger partial charge on any atom is 0.426 e. The number of carbonyl (C=O) groups is 1. The van der Waals surface area contributed by atoms with Gasteiger partial charge in [-0.05, 0) is 25.3 Å². The average molecular weight is 371 g/mol. The molecular formula is C21H29N3O3. The number of nitrogens with zero attached hydrogens (tertiary/aromatic N) is 2. The van der Waals surface area contributed by atoms with Gasteiger partial charge in [-0.1, -0.05) is 54.2 Å². The first kappa shape index (κ1) is 18.3. The van der Waals surface area contributed by atoms with Gasteiger partial charge in [-0.15, -0.1) is 5.06 Å². The zero-order valence-electron chi connectivity index (χ0n) is 16.1. The Morgan fingerprint density at radius 2 is 1.89 bits per heavy atom. The lowest BCUT2D eigenvalue weighted by atomic mass is 9.86. The molecule has 3 aliphatic rings. The van der Waals surface area contributed by atoms with E-state index in [0.717, 1.165) is 43.4 Å². The molecule has 27 heavy (non-hydrogen) atoms. The number of hydrogen-bond acceptors (Lipinski definition) is 5. The summed E-state index contributed by atoms with van der Waals surface area (Å²) in [4.78, 5) is 23.5. The van der Waals surface area contributed by atoms with E-state index in [1.54, 1.807) is 5.06 Å². The molecule has 0 atom stereocenters. The summed E-state index contributed by atoms with van der Waals surface area (Å²) in [6, 6.07) is 8.68. The van der Waals surface area contributed by atoms with E-state index in [-0.39, 0.29) is 17.7 Å². The van der Waals surface area contributed by atoms with Crippen LogP contribution in [0.5, 0.6) is 0 Å². The van der Waals surface area contributed by atoms with Crippen molar-refractivity contribution in [3.8, 4) is 0 Å². The number of amides is 1. The highest BCUT2D eigenvalue weighted by molar-refractivity contribution is 6.01. The topological polar surface area (TPSA) is 63.2 Å². The summed E-state index contributed by atoms with van der Waals surface area (Å²) >= 11 is 0. The number of hydroxylamine groups is 2. The van der Waals surface area contributed by atoms with Crippen LogP contribution in [-0.4, -0.2) is 41.6 Å². The van der Waals surface area contributed by atoms with Crippen molar-refractivity contribution in [2.45, 2.75) is 69.9 Å². The van der Waals surface area contributed by atoms with Gasteiger partial charge >= 0.3 is 6.09 Å². The third-order valence-corrected chi connectivity index (χ3v) is 6.00. The number of benzene rings is 1. The third kappa shape index (κ3) is 4.43. The van der Waals surface area contributed by atoms with Gasteiger partial charge in [0.2, 0.25) is 0 Å². The fourth-order valence-corrected chi connectivity index (χ4v) is 4.23. The van der Waals surface area contributed by atoms with Crippen LogP contribution in [0, 0.1) is 6.92 Å². The molecule has 0 aromatic heterocycles. The summed E-state index contributed by atoms with van der Waals surface area (Å²) in [5, 5.41) is 9.12. The Labute approximate surface area is 160 Å². The molecule has 2 heterocycles. The van der Waals surface area contributed by atoms with Crippen LogP contribution in [0.1, 0.15) is 62.5 Å². The first-order valence-corrected chi connectivity index (χ1v) is 10.2. The maximum absolute atomic E-state index is 12.1. The number of hydrogen-bond donors (Lipinski definition) is 1. The van der Waals surface area contributed by atoms with E-state index in [0.29, 0.717) is 13.1 Å². The summed E-state index contributed by atoms with van der Waals surface area (Å²) in [6.07, 6.45) is 7.89. The predicted molar refractivity (Wildman–Crippen MR) is 103 cm³/mol. The van der Waals surface area contributed by atoms with Crippen molar-refractivity contribution in [3.05, 3.63) is 35.4 Å². The quantitative estimate of drug-likeness (QED) is 0.874. The van der Waals surface area contributed by atoms with Gasteiger partial charge in [0, 0.05) is 38.4 Å². The highest BCUT2D eigenvalue weighted by atomic mass is 16.7. The van der Waals surface area contributed by atoms with E-state index in [1.807, 2.05) is 0 Å². The van der Waals surface area contributed by atoms with E-state index >= 15 is 0 Å². The van der Waals surface area contributed by atoms with Crippen molar-refractivity contribution in [1.29, 1.82) is 0 Å². The molecular weight excluding hydrogens is 342 g/mol. The Morgan fingerprint density at radius 1 is 1.19 bits per heavy atom. The van der Waals surface area contributed by atoms with E-state index in [9.17, 15) is 4.79 Å². The lowest BCUT2D eigenvalue weighted by molar-refractivity contribution is -0.158. The van der Waals surface area contributed by atoms with Gasteiger partial charge in [0.05, 0.1) is 5.71 Å². The second-order valence-electron chi connectivity index (χ2n) is 8.14. The first-order valence-electron chi connectivity index (χ1n) is 10.2. The number of aryl methyl sites for hydroxylation is 1. The number of rotatable bonds is 3. The van der Waals surface area contributed by atoms with Gasteiger partial charge < -0.3 is 15.0 Å². The molecule has 6 heteroatoms. The van der Waals surface area contributed by atoms with Gasteiger partial charge in [-0.2, -0.15) is 0 Å². The van der Waals surface area contributed by atoms with Crippen LogP contribution in [0.4, 0.5) is 4.79 Å². The summed E-state index contributed by atoms with van der Waals surface area (Å²) < 4.78 is 0. The average Bonchev–Trinajstić information content (AvgIpc) is 3.09. The van der Waals surface area contributed by atoms with E-state index in [4.69, 9.17) is 9.68 Å². The lowest BCUT2D eigenvalue weighted by Gasteiger charge is -2.36. The molecule has 0 radical (unpaired) electrons. The van der Waals surface area contributed by atoms with Crippen molar-refractivity contribution in [3.63, 3.8) is 0 Å². The normalized spacial score (nSPS) is 22.9. The molecule has 146 valence electrons. The molecule has 1 aromatic carbocycles. The Kier molecular flexibility index (Phi) is 5.34. The maximum atomic E-state index is 12.1. The van der Waals surface area contributed by atoms with Crippen LogP contribution in [0.2, 0.25) is 0 Å². The molecule has 0 unspecified atom stereocenters. The number of oxime groups is 1. The fourth-order valence-electron chi connectivity index (χ4n) is 4.23. The second-order valence-corrected chi connectivity index (χ2v) is 8.14. The molecule has 1 spiro atoms. The largest absolute Gasteiger partial charge is 0.426 e. The molecule has 4 rings (SSSR count). The summed E-state index contributed by atoms with van der Waals surface area (Å²) in [5.41, 5.74) is 3.13. The monoisotopic (exact) mass is 371 g/mol. The van der Waals surface area contributed by atoms with Crippen LogP contribution in [-0.2, 0) is 9.68 Å². The first-order chi connectivity index (χ1) is 13.1. The molecule has 1 aromatic rings. The SMILES string of the molecule is Cc1ccc(C2=NOC3(CCN(OC(=O)NC4CCCCC4)CC3)C2)cc1. The number of carbonyl (C=O) groups excluding carboxylic acids is 1. The van der Waals surface area contributed by atoms with Crippen LogP contribution >= 0.6 is 0 Å². The second kappa shape index (κ2) is 7.89. The summed E-state index contributed by atoms with van der Waals surface area (Å²) in [6.45, 7) is 3.43. The molecule has 2 aliphatic heterocycles. The minimum Gasteiger partial charge on any atom is -0.388 e. The standard InChI is InChI=1S/C21H29N3O3/c1-16-7-9-17(10-8-16)19-15-21(27-23-19)11-13-24(14-12-21)26-20(25)22-18-5-3-2-4-6-18/h7-10,18H,2-6,11-15H2,1H3,(H,22,25). The zero-order valence-corrected chi connectivity index (χ0v) is 16.1. The van der Waals surface area contributed by atoms with E-state index in [2.05, 4.69) is 41.7 Å². The highest BCUT2D eigenvalue weighted by Gasteiger charge is 2.43. The van der Waals surface area contributed by atoms with Gasteiger partial charge in [-0.3, -0.25) is 0 Å². The van der Waals surface area contributed by atoms with E-state index in [1.165, 1.54) is 24.8 Å². The molecule has 1 saturated heterocycles. The Balaban J connectivity index is 1.24. The minimum atomic E-state index is -0.318. The van der Waals surface area contributed by atoms with Gasteiger partial charge in [0.25, 0.3) is 0 Å². The fraction of sp³-hybridized carbons (Fsp3) is 0.619.